The van der Waals surface area contributed by atoms with Crippen LogP contribution in [-0.2, 0) is 9.59 Å². The summed E-state index contributed by atoms with van der Waals surface area (Å²) in [5.74, 6) is 0.139. The van der Waals surface area contributed by atoms with Crippen molar-refractivity contribution in [2.24, 2.45) is 11.7 Å². The summed E-state index contributed by atoms with van der Waals surface area (Å²) in [6.45, 7) is 0.0162. The predicted molar refractivity (Wildman–Crippen MR) is 83.5 cm³/mol. The number of likely N-dealkylation sites (N-methyl/N-ethyl adjacent to an activating group) is 1. The largest absolute Gasteiger partial charge is 0.336 e. The molecule has 0 radical (unpaired) electrons. The summed E-state index contributed by atoms with van der Waals surface area (Å²) in [4.78, 5) is 29.6. The monoisotopic (exact) mass is 354 g/mol. The molecule has 1 fully saturated rings. The quantitative estimate of drug-likeness (QED) is 0.854. The van der Waals surface area contributed by atoms with Crippen LogP contribution in [0.15, 0.2) is 22.8 Å². The van der Waals surface area contributed by atoms with Crippen molar-refractivity contribution in [1.82, 2.24) is 9.88 Å². The van der Waals surface area contributed by atoms with Crippen LogP contribution in [-0.4, -0.2) is 41.3 Å². The molecule has 7 heteroatoms. The lowest BCUT2D eigenvalue weighted by molar-refractivity contribution is -0.136. The molecular weight excluding hydrogens is 336 g/mol. The van der Waals surface area contributed by atoms with Gasteiger partial charge in [-0.25, -0.2) is 4.98 Å². The summed E-state index contributed by atoms with van der Waals surface area (Å²) in [5.41, 5.74) is 5.82. The van der Waals surface area contributed by atoms with Gasteiger partial charge < -0.3 is 16.0 Å². The third-order valence-corrected chi connectivity index (χ3v) is 4.04. The van der Waals surface area contributed by atoms with E-state index in [-0.39, 0.29) is 30.3 Å². The van der Waals surface area contributed by atoms with E-state index in [1.54, 1.807) is 25.4 Å². The van der Waals surface area contributed by atoms with Crippen LogP contribution in [0.3, 0.4) is 0 Å². The van der Waals surface area contributed by atoms with Crippen LogP contribution in [0.1, 0.15) is 19.3 Å². The Labute approximate surface area is 132 Å². The van der Waals surface area contributed by atoms with E-state index in [4.69, 9.17) is 5.73 Å². The zero-order chi connectivity index (χ0) is 15.4. The second kappa shape index (κ2) is 7.00. The number of anilines is 1. The summed E-state index contributed by atoms with van der Waals surface area (Å²) < 4.78 is 0.838. The highest BCUT2D eigenvalue weighted by Crippen LogP contribution is 2.25. The van der Waals surface area contributed by atoms with Crippen molar-refractivity contribution in [2.75, 3.05) is 18.9 Å². The van der Waals surface area contributed by atoms with Crippen LogP contribution >= 0.6 is 15.9 Å². The molecule has 0 spiro atoms. The third kappa shape index (κ3) is 4.50. The van der Waals surface area contributed by atoms with Gasteiger partial charge in [-0.3, -0.25) is 9.59 Å². The molecule has 2 rings (SSSR count). The van der Waals surface area contributed by atoms with Gasteiger partial charge in [0.05, 0.1) is 6.54 Å². The Bertz CT molecular complexity index is 520. The molecule has 1 saturated carbocycles. The van der Waals surface area contributed by atoms with E-state index in [0.717, 1.165) is 17.3 Å². The first-order valence-corrected chi connectivity index (χ1v) is 7.67. The first kappa shape index (κ1) is 15.9. The average molecular weight is 355 g/mol. The second-order valence-electron chi connectivity index (χ2n) is 5.37. The topological polar surface area (TPSA) is 88.3 Å². The van der Waals surface area contributed by atoms with Gasteiger partial charge in [-0.2, -0.15) is 0 Å². The minimum atomic E-state index is -0.261. The van der Waals surface area contributed by atoms with Crippen LogP contribution in [0, 0.1) is 5.92 Å². The SMILES string of the molecule is CN(CC(=O)Nc1ccc(Br)cn1)C(=O)C1CCC(N)C1. The van der Waals surface area contributed by atoms with Gasteiger partial charge in [0.15, 0.2) is 0 Å². The summed E-state index contributed by atoms with van der Waals surface area (Å²) >= 11 is 3.28. The molecule has 0 aromatic carbocycles. The number of hydrogen-bond donors (Lipinski definition) is 2. The zero-order valence-corrected chi connectivity index (χ0v) is 13.5. The molecule has 1 aliphatic carbocycles. The van der Waals surface area contributed by atoms with Crippen molar-refractivity contribution in [3.8, 4) is 0 Å². The van der Waals surface area contributed by atoms with Gasteiger partial charge >= 0.3 is 0 Å². The molecule has 2 amide bonds. The molecule has 2 atom stereocenters. The molecule has 2 unspecified atom stereocenters. The van der Waals surface area contributed by atoms with Crippen molar-refractivity contribution < 1.29 is 9.59 Å². The summed E-state index contributed by atoms with van der Waals surface area (Å²) in [6, 6.07) is 3.59. The van der Waals surface area contributed by atoms with Crippen LogP contribution in [0.2, 0.25) is 0 Å². The fraction of sp³-hybridized carbons (Fsp3) is 0.500. The summed E-state index contributed by atoms with van der Waals surface area (Å²) in [6.07, 6.45) is 3.99. The number of aromatic nitrogens is 1. The standard InChI is InChI=1S/C14H19BrN4O2/c1-19(14(21)9-2-4-11(16)6-9)8-13(20)18-12-5-3-10(15)7-17-12/h3,5,7,9,11H,2,4,6,8,16H2,1H3,(H,17,18,20). The fourth-order valence-corrected chi connectivity index (χ4v) is 2.71. The molecule has 1 aromatic rings. The number of halogens is 1. The highest BCUT2D eigenvalue weighted by atomic mass is 79.9. The number of amides is 2. The lowest BCUT2D eigenvalue weighted by Gasteiger charge is -2.20. The molecule has 21 heavy (non-hydrogen) atoms. The molecule has 1 heterocycles. The molecule has 1 aromatic heterocycles. The second-order valence-corrected chi connectivity index (χ2v) is 6.29. The minimum Gasteiger partial charge on any atom is -0.336 e. The van der Waals surface area contributed by atoms with Crippen LogP contribution in [0.5, 0.6) is 0 Å². The highest BCUT2D eigenvalue weighted by Gasteiger charge is 2.30. The van der Waals surface area contributed by atoms with E-state index in [1.807, 2.05) is 0 Å². The molecule has 0 bridgehead atoms. The summed E-state index contributed by atoms with van der Waals surface area (Å²) in [5, 5.41) is 2.66. The minimum absolute atomic E-state index is 0.0122. The molecule has 1 aliphatic rings. The maximum atomic E-state index is 12.2. The number of nitrogens with zero attached hydrogens (tertiary/aromatic N) is 2. The van der Waals surface area contributed by atoms with Gasteiger partial charge in [0, 0.05) is 29.7 Å². The number of carbonyl (C=O) groups excluding carboxylic acids is 2. The first-order valence-electron chi connectivity index (χ1n) is 6.87. The Balaban J connectivity index is 1.84. The van der Waals surface area contributed by atoms with Crippen LogP contribution < -0.4 is 11.1 Å². The van der Waals surface area contributed by atoms with Gasteiger partial charge in [-0.1, -0.05) is 0 Å². The van der Waals surface area contributed by atoms with E-state index in [0.29, 0.717) is 12.2 Å². The van der Waals surface area contributed by atoms with Crippen LogP contribution in [0.4, 0.5) is 5.82 Å². The Morgan fingerprint density at radius 3 is 2.81 bits per heavy atom. The van der Waals surface area contributed by atoms with Gasteiger partial charge in [0.2, 0.25) is 11.8 Å². The predicted octanol–water partition coefficient (Wildman–Crippen LogP) is 1.37. The molecular formula is C14H19BrN4O2. The molecule has 0 aliphatic heterocycles. The Morgan fingerprint density at radius 2 is 2.24 bits per heavy atom. The molecule has 3 N–H and O–H groups in total. The molecule has 114 valence electrons. The normalized spacial score (nSPS) is 21.1. The van der Waals surface area contributed by atoms with Crippen molar-refractivity contribution in [3.63, 3.8) is 0 Å². The van der Waals surface area contributed by atoms with Crippen molar-refractivity contribution in [3.05, 3.63) is 22.8 Å². The zero-order valence-electron chi connectivity index (χ0n) is 11.9. The Kier molecular flexibility index (Phi) is 5.30. The molecule has 0 saturated heterocycles. The number of rotatable bonds is 4. The maximum Gasteiger partial charge on any atom is 0.245 e. The smallest absolute Gasteiger partial charge is 0.245 e. The highest BCUT2D eigenvalue weighted by molar-refractivity contribution is 9.10. The van der Waals surface area contributed by atoms with Gasteiger partial charge in [0.25, 0.3) is 0 Å². The van der Waals surface area contributed by atoms with E-state index in [2.05, 4.69) is 26.2 Å². The molecule has 6 nitrogen and oxygen atoms in total. The number of nitrogens with one attached hydrogen (secondary N) is 1. The van der Waals surface area contributed by atoms with E-state index < -0.39 is 0 Å². The van der Waals surface area contributed by atoms with Crippen molar-refractivity contribution >= 4 is 33.6 Å². The first-order chi connectivity index (χ1) is 9.95. The fourth-order valence-electron chi connectivity index (χ4n) is 2.48. The number of pyridine rings is 1. The van der Waals surface area contributed by atoms with Crippen molar-refractivity contribution in [1.29, 1.82) is 0 Å². The van der Waals surface area contributed by atoms with E-state index in [9.17, 15) is 9.59 Å². The van der Waals surface area contributed by atoms with E-state index in [1.165, 1.54) is 4.90 Å². The van der Waals surface area contributed by atoms with Crippen LogP contribution in [0.25, 0.3) is 0 Å². The Morgan fingerprint density at radius 1 is 1.48 bits per heavy atom. The Hall–Kier alpha value is -1.47. The number of carbonyl (C=O) groups is 2. The van der Waals surface area contributed by atoms with Gasteiger partial charge in [0.1, 0.15) is 5.82 Å². The third-order valence-electron chi connectivity index (χ3n) is 3.57. The summed E-state index contributed by atoms with van der Waals surface area (Å²) in [7, 11) is 1.64. The lowest BCUT2D eigenvalue weighted by Crippen LogP contribution is -2.38. The van der Waals surface area contributed by atoms with Gasteiger partial charge in [-0.05, 0) is 47.3 Å². The van der Waals surface area contributed by atoms with Gasteiger partial charge in [-0.15, -0.1) is 0 Å². The maximum absolute atomic E-state index is 12.2. The van der Waals surface area contributed by atoms with Crippen molar-refractivity contribution in [2.45, 2.75) is 25.3 Å². The van der Waals surface area contributed by atoms with E-state index >= 15 is 0 Å². The average Bonchev–Trinajstić information content (AvgIpc) is 2.87. The number of hydrogen-bond acceptors (Lipinski definition) is 4. The number of nitrogens with two attached hydrogens (primary N) is 1. The lowest BCUT2D eigenvalue weighted by atomic mass is 10.1.